The van der Waals surface area contributed by atoms with Crippen LogP contribution in [-0.4, -0.2) is 12.5 Å². The van der Waals surface area contributed by atoms with Crippen LogP contribution in [0.1, 0.15) is 48.5 Å². The van der Waals surface area contributed by atoms with Gasteiger partial charge in [-0.2, -0.15) is 0 Å². The Morgan fingerprint density at radius 2 is 2.25 bits per heavy atom. The molecule has 1 aromatic rings. The van der Waals surface area contributed by atoms with E-state index in [0.717, 1.165) is 12.5 Å². The Morgan fingerprint density at radius 3 is 2.95 bits per heavy atom. The van der Waals surface area contributed by atoms with Crippen LogP contribution in [0.25, 0.3) is 0 Å². The molecule has 1 fully saturated rings. The molecule has 0 heterocycles. The zero-order valence-corrected chi connectivity index (χ0v) is 12.0. The predicted molar refractivity (Wildman–Crippen MR) is 77.7 cm³/mol. The van der Waals surface area contributed by atoms with Crippen LogP contribution in [0.2, 0.25) is 0 Å². The second kappa shape index (κ2) is 6.84. The first-order chi connectivity index (χ1) is 9.56. The zero-order valence-electron chi connectivity index (χ0n) is 12.0. The number of hydrogen-bond donors (Lipinski definition) is 2. The van der Waals surface area contributed by atoms with E-state index in [1.54, 1.807) is 0 Å². The Bertz CT molecular complexity index is 476. The average molecular weight is 278 g/mol. The summed E-state index contributed by atoms with van der Waals surface area (Å²) in [5.74, 6) is 0.665. The second-order valence-corrected chi connectivity index (χ2v) is 5.94. The van der Waals surface area contributed by atoms with E-state index in [1.807, 2.05) is 0 Å². The van der Waals surface area contributed by atoms with E-state index in [2.05, 4.69) is 12.2 Å². The molecule has 2 rings (SSSR count). The molecule has 0 radical (unpaired) electrons. The van der Waals surface area contributed by atoms with Gasteiger partial charge in [0.25, 0.3) is 0 Å². The number of hydrogen-bond acceptors (Lipinski definition) is 2. The van der Waals surface area contributed by atoms with Crippen molar-refractivity contribution in [2.45, 2.75) is 39.2 Å². The Hall–Kier alpha value is -1.42. The van der Waals surface area contributed by atoms with Gasteiger partial charge in [-0.25, -0.2) is 4.39 Å². The lowest BCUT2D eigenvalue weighted by molar-refractivity contribution is 0.1000. The fraction of sp³-hybridized carbons (Fsp3) is 0.562. The van der Waals surface area contributed by atoms with Gasteiger partial charge in [0, 0.05) is 17.7 Å². The monoisotopic (exact) mass is 278 g/mol. The molecular formula is C16H23FN2O. The summed E-state index contributed by atoms with van der Waals surface area (Å²) in [5.41, 5.74) is 6.07. The van der Waals surface area contributed by atoms with Crippen molar-refractivity contribution in [3.63, 3.8) is 0 Å². The maximum absolute atomic E-state index is 13.7. The lowest BCUT2D eigenvalue weighted by Crippen LogP contribution is -2.26. The average Bonchev–Trinajstić information content (AvgIpc) is 2.40. The lowest BCUT2D eigenvalue weighted by atomic mass is 9.82. The molecule has 0 aliphatic heterocycles. The minimum atomic E-state index is -0.521. The summed E-state index contributed by atoms with van der Waals surface area (Å²) in [6.45, 7) is 3.64. The van der Waals surface area contributed by atoms with Crippen LogP contribution in [0.5, 0.6) is 0 Å². The van der Waals surface area contributed by atoms with E-state index in [0.29, 0.717) is 23.6 Å². The maximum atomic E-state index is 13.7. The van der Waals surface area contributed by atoms with Crippen LogP contribution in [0.3, 0.4) is 0 Å². The Labute approximate surface area is 119 Å². The van der Waals surface area contributed by atoms with E-state index in [9.17, 15) is 9.18 Å². The number of benzene rings is 1. The van der Waals surface area contributed by atoms with E-state index in [-0.39, 0.29) is 5.82 Å². The molecule has 1 aliphatic rings. The smallest absolute Gasteiger partial charge is 0.248 e. The lowest BCUT2D eigenvalue weighted by Gasteiger charge is -2.26. The van der Waals surface area contributed by atoms with Gasteiger partial charge in [-0.3, -0.25) is 4.79 Å². The molecule has 20 heavy (non-hydrogen) atoms. The first kappa shape index (κ1) is 15.0. The van der Waals surface area contributed by atoms with E-state index in [1.165, 1.54) is 43.9 Å². The van der Waals surface area contributed by atoms with Crippen molar-refractivity contribution in [2.24, 2.45) is 17.6 Å². The maximum Gasteiger partial charge on any atom is 0.248 e. The number of nitrogens with two attached hydrogens (primary N) is 1. The van der Waals surface area contributed by atoms with Crippen LogP contribution in [0.15, 0.2) is 18.2 Å². The van der Waals surface area contributed by atoms with Gasteiger partial charge < -0.3 is 11.1 Å². The summed E-state index contributed by atoms with van der Waals surface area (Å²) < 4.78 is 13.7. The van der Waals surface area contributed by atoms with Gasteiger partial charge in [-0.15, -0.1) is 0 Å². The Morgan fingerprint density at radius 1 is 1.45 bits per heavy atom. The summed E-state index contributed by atoms with van der Waals surface area (Å²) in [6, 6.07) is 4.26. The van der Waals surface area contributed by atoms with Crippen molar-refractivity contribution in [1.82, 2.24) is 5.32 Å². The number of carbonyl (C=O) groups is 1. The molecule has 3 nitrogen and oxygen atoms in total. The molecule has 1 aromatic carbocycles. The van der Waals surface area contributed by atoms with E-state index < -0.39 is 5.91 Å². The third-order valence-electron chi connectivity index (χ3n) is 4.12. The molecule has 4 heteroatoms. The first-order valence-electron chi connectivity index (χ1n) is 7.35. The third-order valence-corrected chi connectivity index (χ3v) is 4.12. The van der Waals surface area contributed by atoms with Gasteiger partial charge >= 0.3 is 0 Å². The van der Waals surface area contributed by atoms with Crippen molar-refractivity contribution < 1.29 is 9.18 Å². The fourth-order valence-corrected chi connectivity index (χ4v) is 3.02. The first-order valence-corrected chi connectivity index (χ1v) is 7.35. The molecule has 0 aromatic heterocycles. The molecule has 2 atom stereocenters. The third kappa shape index (κ3) is 4.04. The molecule has 0 saturated heterocycles. The molecule has 1 amide bonds. The highest BCUT2D eigenvalue weighted by molar-refractivity contribution is 5.92. The van der Waals surface area contributed by atoms with Crippen LogP contribution in [-0.2, 0) is 6.54 Å². The van der Waals surface area contributed by atoms with E-state index in [4.69, 9.17) is 5.73 Å². The second-order valence-electron chi connectivity index (χ2n) is 5.94. The summed E-state index contributed by atoms with van der Waals surface area (Å²) in [4.78, 5) is 11.1. The van der Waals surface area contributed by atoms with Crippen LogP contribution >= 0.6 is 0 Å². The van der Waals surface area contributed by atoms with Gasteiger partial charge in [-0.05, 0) is 49.4 Å². The van der Waals surface area contributed by atoms with Crippen molar-refractivity contribution in [1.29, 1.82) is 0 Å². The highest BCUT2D eigenvalue weighted by atomic mass is 19.1. The highest BCUT2D eigenvalue weighted by Gasteiger charge is 2.18. The minimum absolute atomic E-state index is 0.292. The van der Waals surface area contributed by atoms with Gasteiger partial charge in [-0.1, -0.05) is 19.8 Å². The highest BCUT2D eigenvalue weighted by Crippen LogP contribution is 2.28. The fourth-order valence-electron chi connectivity index (χ4n) is 3.02. The summed E-state index contributed by atoms with van der Waals surface area (Å²) >= 11 is 0. The standard InChI is InChI=1S/C16H23FN2O/c1-11-3-2-4-12(7-11)9-19-10-14-8-13(16(18)20)5-6-15(14)17/h5-6,8,11-12,19H,2-4,7,9-10H2,1H3,(H2,18,20). The van der Waals surface area contributed by atoms with Crippen molar-refractivity contribution in [2.75, 3.05) is 6.54 Å². The number of carbonyl (C=O) groups excluding carboxylic acids is 1. The molecule has 1 saturated carbocycles. The topological polar surface area (TPSA) is 55.1 Å². The SMILES string of the molecule is CC1CCCC(CNCc2cc(C(N)=O)ccc2F)C1. The number of halogens is 1. The number of amides is 1. The van der Waals surface area contributed by atoms with E-state index >= 15 is 0 Å². The van der Waals surface area contributed by atoms with Crippen LogP contribution in [0, 0.1) is 17.7 Å². The van der Waals surface area contributed by atoms with Crippen LogP contribution < -0.4 is 11.1 Å². The molecule has 2 unspecified atom stereocenters. The molecule has 0 bridgehead atoms. The van der Waals surface area contributed by atoms with Gasteiger partial charge in [0.05, 0.1) is 0 Å². The van der Waals surface area contributed by atoms with Crippen molar-refractivity contribution >= 4 is 5.91 Å². The molecular weight excluding hydrogens is 255 g/mol. The van der Waals surface area contributed by atoms with Gasteiger partial charge in [0.1, 0.15) is 5.82 Å². The Balaban J connectivity index is 1.87. The molecule has 1 aliphatic carbocycles. The summed E-state index contributed by atoms with van der Waals surface area (Å²) in [5, 5.41) is 3.31. The van der Waals surface area contributed by atoms with Crippen molar-refractivity contribution in [3.8, 4) is 0 Å². The number of rotatable bonds is 5. The van der Waals surface area contributed by atoms with Crippen LogP contribution in [0.4, 0.5) is 4.39 Å². The molecule has 0 spiro atoms. The molecule has 3 N–H and O–H groups in total. The predicted octanol–water partition coefficient (Wildman–Crippen LogP) is 2.84. The van der Waals surface area contributed by atoms with Gasteiger partial charge in [0.2, 0.25) is 5.91 Å². The summed E-state index contributed by atoms with van der Waals surface area (Å²) in [6.07, 6.45) is 5.11. The van der Waals surface area contributed by atoms with Gasteiger partial charge in [0.15, 0.2) is 0 Å². The largest absolute Gasteiger partial charge is 0.366 e. The number of nitrogens with one attached hydrogen (secondary N) is 1. The normalized spacial score (nSPS) is 22.7. The zero-order chi connectivity index (χ0) is 14.5. The number of primary amides is 1. The summed E-state index contributed by atoms with van der Waals surface area (Å²) in [7, 11) is 0. The minimum Gasteiger partial charge on any atom is -0.366 e. The quantitative estimate of drug-likeness (QED) is 0.870. The van der Waals surface area contributed by atoms with Crippen molar-refractivity contribution in [3.05, 3.63) is 35.1 Å². The molecule has 110 valence electrons. The Kier molecular flexibility index (Phi) is 5.12.